The van der Waals surface area contributed by atoms with E-state index in [1.54, 1.807) is 0 Å². The highest BCUT2D eigenvalue weighted by atomic mass is 16.5. The summed E-state index contributed by atoms with van der Waals surface area (Å²) < 4.78 is 7.39. The van der Waals surface area contributed by atoms with Gasteiger partial charge in [0.15, 0.2) is 5.82 Å². The van der Waals surface area contributed by atoms with Gasteiger partial charge in [0.2, 0.25) is 5.95 Å². The molecule has 1 aliphatic carbocycles. The van der Waals surface area contributed by atoms with Crippen LogP contribution in [-0.4, -0.2) is 33.9 Å². The summed E-state index contributed by atoms with van der Waals surface area (Å²) in [7, 11) is 0. The molecule has 0 aromatic carbocycles. The van der Waals surface area contributed by atoms with Crippen molar-refractivity contribution in [3.8, 4) is 0 Å². The summed E-state index contributed by atoms with van der Waals surface area (Å²) in [6.45, 7) is 7.85. The molecule has 0 saturated heterocycles. The zero-order valence-electron chi connectivity index (χ0n) is 13.3. The van der Waals surface area contributed by atoms with Gasteiger partial charge in [-0.2, -0.15) is 0 Å². The number of nitrogens with one attached hydrogen (secondary N) is 1. The second-order valence-electron chi connectivity index (χ2n) is 5.49. The summed E-state index contributed by atoms with van der Waals surface area (Å²) in [5, 5.41) is 11.8. The Hall–Kier alpha value is -1.59. The molecular formula is C15H26N4O2. The standard InChI is InChI=1S/C15H26N4O2/c1-4-16-14-18-17-12(19(14)5-2)15(13(20)21-6-3)10-8-7-9-11-15/h4-11H2,1-3H3,(H,16,18). The van der Waals surface area contributed by atoms with Crippen LogP contribution in [0.25, 0.3) is 0 Å². The number of hydrogen-bond donors (Lipinski definition) is 1. The smallest absolute Gasteiger partial charge is 0.319 e. The van der Waals surface area contributed by atoms with Gasteiger partial charge in [0, 0.05) is 13.1 Å². The highest BCUT2D eigenvalue weighted by molar-refractivity contribution is 5.82. The molecule has 0 unspecified atom stereocenters. The van der Waals surface area contributed by atoms with E-state index in [2.05, 4.69) is 22.4 Å². The maximum Gasteiger partial charge on any atom is 0.319 e. The van der Waals surface area contributed by atoms with Crippen molar-refractivity contribution in [2.75, 3.05) is 18.5 Å². The predicted octanol–water partition coefficient (Wildman–Crippen LogP) is 2.49. The van der Waals surface area contributed by atoms with Gasteiger partial charge in [-0.3, -0.25) is 9.36 Å². The lowest BCUT2D eigenvalue weighted by Crippen LogP contribution is -2.42. The van der Waals surface area contributed by atoms with Crippen molar-refractivity contribution in [1.82, 2.24) is 14.8 Å². The van der Waals surface area contributed by atoms with E-state index in [0.29, 0.717) is 6.61 Å². The van der Waals surface area contributed by atoms with E-state index < -0.39 is 5.41 Å². The number of rotatable bonds is 6. The fourth-order valence-corrected chi connectivity index (χ4v) is 3.19. The minimum Gasteiger partial charge on any atom is -0.465 e. The SMILES string of the molecule is CCNc1nnc(C2(C(=O)OCC)CCCCC2)n1CC. The van der Waals surface area contributed by atoms with Gasteiger partial charge in [-0.05, 0) is 33.6 Å². The van der Waals surface area contributed by atoms with Crippen molar-refractivity contribution in [3.63, 3.8) is 0 Å². The molecule has 1 N–H and O–H groups in total. The summed E-state index contributed by atoms with van der Waals surface area (Å²) in [5.41, 5.74) is -0.620. The number of hydrogen-bond acceptors (Lipinski definition) is 5. The molecule has 0 spiro atoms. The number of anilines is 1. The Bertz CT molecular complexity index is 478. The third-order valence-corrected chi connectivity index (χ3v) is 4.20. The molecule has 0 bridgehead atoms. The Morgan fingerprint density at radius 2 is 1.95 bits per heavy atom. The van der Waals surface area contributed by atoms with Crippen molar-refractivity contribution in [1.29, 1.82) is 0 Å². The lowest BCUT2D eigenvalue weighted by molar-refractivity contribution is -0.152. The lowest BCUT2D eigenvalue weighted by atomic mass is 9.73. The molecule has 6 heteroatoms. The van der Waals surface area contributed by atoms with Crippen LogP contribution < -0.4 is 5.32 Å². The van der Waals surface area contributed by atoms with Gasteiger partial charge in [0.05, 0.1) is 6.61 Å². The zero-order chi connectivity index (χ0) is 15.3. The van der Waals surface area contributed by atoms with Crippen LogP contribution in [-0.2, 0) is 21.5 Å². The third-order valence-electron chi connectivity index (χ3n) is 4.20. The van der Waals surface area contributed by atoms with Crippen molar-refractivity contribution >= 4 is 11.9 Å². The van der Waals surface area contributed by atoms with Crippen LogP contribution in [0, 0.1) is 0 Å². The van der Waals surface area contributed by atoms with Crippen LogP contribution in [0.4, 0.5) is 5.95 Å². The van der Waals surface area contributed by atoms with Crippen LogP contribution in [0.15, 0.2) is 0 Å². The summed E-state index contributed by atoms with van der Waals surface area (Å²) >= 11 is 0. The summed E-state index contributed by atoms with van der Waals surface area (Å²) in [6.07, 6.45) is 4.84. The predicted molar refractivity (Wildman–Crippen MR) is 81.3 cm³/mol. The summed E-state index contributed by atoms with van der Waals surface area (Å²) in [5.74, 6) is 1.36. The Kier molecular flexibility index (Phi) is 5.20. The monoisotopic (exact) mass is 294 g/mol. The quantitative estimate of drug-likeness (QED) is 0.816. The van der Waals surface area contributed by atoms with E-state index in [4.69, 9.17) is 4.74 Å². The number of aromatic nitrogens is 3. The van der Waals surface area contributed by atoms with Gasteiger partial charge in [-0.25, -0.2) is 0 Å². The van der Waals surface area contributed by atoms with E-state index >= 15 is 0 Å². The largest absolute Gasteiger partial charge is 0.465 e. The summed E-state index contributed by atoms with van der Waals surface area (Å²) in [6, 6.07) is 0. The van der Waals surface area contributed by atoms with Gasteiger partial charge in [-0.15, -0.1) is 10.2 Å². The molecular weight excluding hydrogens is 268 g/mol. The van der Waals surface area contributed by atoms with E-state index in [-0.39, 0.29) is 5.97 Å². The number of ether oxygens (including phenoxy) is 1. The third kappa shape index (κ3) is 2.89. The first-order valence-corrected chi connectivity index (χ1v) is 8.04. The maximum atomic E-state index is 12.6. The van der Waals surface area contributed by atoms with Crippen molar-refractivity contribution in [2.45, 2.75) is 64.8 Å². The molecule has 1 saturated carbocycles. The van der Waals surface area contributed by atoms with E-state index in [1.807, 2.05) is 18.4 Å². The number of nitrogens with zero attached hydrogens (tertiary/aromatic N) is 3. The Morgan fingerprint density at radius 1 is 1.24 bits per heavy atom. The van der Waals surface area contributed by atoms with Crippen molar-refractivity contribution < 1.29 is 9.53 Å². The average Bonchev–Trinajstić information content (AvgIpc) is 2.92. The Balaban J connectivity index is 2.43. The molecule has 0 aliphatic heterocycles. The number of carbonyl (C=O) groups excluding carboxylic acids is 1. The minimum atomic E-state index is -0.620. The molecule has 0 atom stereocenters. The molecule has 0 radical (unpaired) electrons. The van der Waals surface area contributed by atoms with Gasteiger partial charge in [0.1, 0.15) is 5.41 Å². The first kappa shape index (κ1) is 15.8. The van der Waals surface area contributed by atoms with Gasteiger partial charge in [0.25, 0.3) is 0 Å². The molecule has 1 aromatic heterocycles. The van der Waals surface area contributed by atoms with Crippen LogP contribution in [0.5, 0.6) is 0 Å². The van der Waals surface area contributed by atoms with Gasteiger partial charge >= 0.3 is 5.97 Å². The van der Waals surface area contributed by atoms with Crippen molar-refractivity contribution in [2.24, 2.45) is 0 Å². The van der Waals surface area contributed by atoms with Crippen LogP contribution in [0.2, 0.25) is 0 Å². The summed E-state index contributed by atoms with van der Waals surface area (Å²) in [4.78, 5) is 12.6. The van der Waals surface area contributed by atoms with Crippen molar-refractivity contribution in [3.05, 3.63) is 5.82 Å². The molecule has 2 rings (SSSR count). The second kappa shape index (κ2) is 6.91. The zero-order valence-corrected chi connectivity index (χ0v) is 13.3. The fraction of sp³-hybridized carbons (Fsp3) is 0.800. The normalized spacial score (nSPS) is 17.5. The van der Waals surface area contributed by atoms with E-state index in [0.717, 1.165) is 50.5 Å². The van der Waals surface area contributed by atoms with Crippen LogP contribution in [0.3, 0.4) is 0 Å². The Labute approximate surface area is 126 Å². The average molecular weight is 294 g/mol. The first-order valence-electron chi connectivity index (χ1n) is 8.04. The highest BCUT2D eigenvalue weighted by Gasteiger charge is 2.46. The topological polar surface area (TPSA) is 69.0 Å². The van der Waals surface area contributed by atoms with E-state index in [1.165, 1.54) is 6.42 Å². The number of carbonyl (C=O) groups is 1. The molecule has 1 aromatic rings. The van der Waals surface area contributed by atoms with Gasteiger partial charge in [-0.1, -0.05) is 19.3 Å². The highest BCUT2D eigenvalue weighted by Crippen LogP contribution is 2.40. The van der Waals surface area contributed by atoms with E-state index in [9.17, 15) is 4.79 Å². The molecule has 118 valence electrons. The molecule has 1 fully saturated rings. The molecule has 0 amide bonds. The maximum absolute atomic E-state index is 12.6. The molecule has 1 heterocycles. The second-order valence-corrected chi connectivity index (χ2v) is 5.49. The fourth-order valence-electron chi connectivity index (χ4n) is 3.19. The number of esters is 1. The lowest BCUT2D eigenvalue weighted by Gasteiger charge is -2.34. The van der Waals surface area contributed by atoms with Crippen LogP contribution in [0.1, 0.15) is 58.7 Å². The van der Waals surface area contributed by atoms with Gasteiger partial charge < -0.3 is 10.1 Å². The minimum absolute atomic E-state index is 0.144. The first-order chi connectivity index (χ1) is 10.2. The molecule has 21 heavy (non-hydrogen) atoms. The molecule has 6 nitrogen and oxygen atoms in total. The molecule has 1 aliphatic rings. The Morgan fingerprint density at radius 3 is 2.52 bits per heavy atom. The van der Waals surface area contributed by atoms with Crippen LogP contribution >= 0.6 is 0 Å².